The van der Waals surface area contributed by atoms with Crippen molar-refractivity contribution in [2.75, 3.05) is 13.1 Å². The van der Waals surface area contributed by atoms with E-state index < -0.39 is 0 Å². The van der Waals surface area contributed by atoms with Crippen molar-refractivity contribution in [1.29, 1.82) is 0 Å². The first-order chi connectivity index (χ1) is 7.25. The molecule has 3 nitrogen and oxygen atoms in total. The summed E-state index contributed by atoms with van der Waals surface area (Å²) in [5.74, 6) is 0.0818. The molecule has 2 N–H and O–H groups in total. The molecule has 0 saturated carbocycles. The number of piperazine rings is 1. The van der Waals surface area contributed by atoms with Gasteiger partial charge in [0.1, 0.15) is 0 Å². The van der Waals surface area contributed by atoms with Gasteiger partial charge in [-0.05, 0) is 18.1 Å². The van der Waals surface area contributed by atoms with Crippen LogP contribution in [0.15, 0.2) is 28.7 Å². The van der Waals surface area contributed by atoms with Crippen LogP contribution in [0, 0.1) is 0 Å². The number of hydrogen-bond acceptors (Lipinski definition) is 2. The summed E-state index contributed by atoms with van der Waals surface area (Å²) in [6.45, 7) is 1.28. The third-order valence-electron chi connectivity index (χ3n) is 2.47. The third-order valence-corrected chi connectivity index (χ3v) is 3.24. The summed E-state index contributed by atoms with van der Waals surface area (Å²) in [7, 11) is 0. The maximum atomic E-state index is 11.2. The fraction of sp³-hybridized carbons (Fsp3) is 0.364. The summed E-state index contributed by atoms with van der Waals surface area (Å²) in [6, 6.07) is 8.30. The number of amides is 1. The Morgan fingerprint density at radius 1 is 1.40 bits per heavy atom. The van der Waals surface area contributed by atoms with Crippen LogP contribution in [-0.2, 0) is 11.2 Å². The molecule has 0 spiro atoms. The Bertz CT molecular complexity index is 367. The van der Waals surface area contributed by atoms with E-state index in [1.807, 2.05) is 18.2 Å². The minimum Gasteiger partial charge on any atom is -0.351 e. The highest BCUT2D eigenvalue weighted by molar-refractivity contribution is 9.10. The molecule has 0 aromatic heterocycles. The lowest BCUT2D eigenvalue weighted by Crippen LogP contribution is -2.52. The van der Waals surface area contributed by atoms with Crippen LogP contribution < -0.4 is 10.6 Å². The summed E-state index contributed by atoms with van der Waals surface area (Å²) in [5, 5.41) is 6.07. The van der Waals surface area contributed by atoms with Gasteiger partial charge >= 0.3 is 0 Å². The predicted molar refractivity (Wildman–Crippen MR) is 62.6 cm³/mol. The zero-order chi connectivity index (χ0) is 10.7. The average Bonchev–Trinajstić information content (AvgIpc) is 2.22. The van der Waals surface area contributed by atoms with E-state index in [-0.39, 0.29) is 11.9 Å². The van der Waals surface area contributed by atoms with Gasteiger partial charge in [-0.25, -0.2) is 0 Å². The first kappa shape index (κ1) is 10.6. The number of halogens is 1. The summed E-state index contributed by atoms with van der Waals surface area (Å²) in [4.78, 5) is 11.2. The number of hydrogen-bond donors (Lipinski definition) is 2. The van der Waals surface area contributed by atoms with Gasteiger partial charge in [-0.1, -0.05) is 34.1 Å². The van der Waals surface area contributed by atoms with E-state index in [9.17, 15) is 4.79 Å². The van der Waals surface area contributed by atoms with Gasteiger partial charge in [0, 0.05) is 17.1 Å². The summed E-state index contributed by atoms with van der Waals surface area (Å²) >= 11 is 3.51. The minimum atomic E-state index is 0.0818. The van der Waals surface area contributed by atoms with Crippen LogP contribution in [0.4, 0.5) is 0 Å². The normalized spacial score (nSPS) is 21.1. The van der Waals surface area contributed by atoms with Crippen molar-refractivity contribution in [3.05, 3.63) is 34.3 Å². The average molecular weight is 269 g/mol. The molecule has 1 aromatic carbocycles. The quantitative estimate of drug-likeness (QED) is 0.843. The van der Waals surface area contributed by atoms with E-state index in [1.165, 1.54) is 5.56 Å². The van der Waals surface area contributed by atoms with Crippen molar-refractivity contribution in [3.8, 4) is 0 Å². The Labute approximate surface area is 97.4 Å². The second kappa shape index (κ2) is 4.77. The number of carbonyl (C=O) groups is 1. The van der Waals surface area contributed by atoms with Crippen LogP contribution >= 0.6 is 15.9 Å². The first-order valence-corrected chi connectivity index (χ1v) is 5.78. The number of carbonyl (C=O) groups excluding carboxylic acids is 1. The van der Waals surface area contributed by atoms with Crippen molar-refractivity contribution in [2.45, 2.75) is 12.5 Å². The van der Waals surface area contributed by atoms with E-state index in [0.29, 0.717) is 6.54 Å². The van der Waals surface area contributed by atoms with Crippen LogP contribution in [0.3, 0.4) is 0 Å². The van der Waals surface area contributed by atoms with Crippen LogP contribution in [-0.4, -0.2) is 25.0 Å². The maximum Gasteiger partial charge on any atom is 0.234 e. The third kappa shape index (κ3) is 2.79. The maximum absolute atomic E-state index is 11.2. The zero-order valence-corrected chi connectivity index (χ0v) is 9.88. The molecule has 1 unspecified atom stereocenters. The molecule has 1 heterocycles. The molecule has 1 fully saturated rings. The van der Waals surface area contributed by atoms with Crippen LogP contribution in [0.25, 0.3) is 0 Å². The molecule has 0 bridgehead atoms. The Hall–Kier alpha value is -0.870. The van der Waals surface area contributed by atoms with Crippen molar-refractivity contribution in [2.24, 2.45) is 0 Å². The lowest BCUT2D eigenvalue weighted by molar-refractivity contribution is -0.122. The van der Waals surface area contributed by atoms with Crippen LogP contribution in [0.5, 0.6) is 0 Å². The summed E-state index contributed by atoms with van der Waals surface area (Å²) in [5.41, 5.74) is 1.23. The van der Waals surface area contributed by atoms with Gasteiger partial charge in [0.05, 0.1) is 6.54 Å². The van der Waals surface area contributed by atoms with Crippen molar-refractivity contribution in [3.63, 3.8) is 0 Å². The van der Waals surface area contributed by atoms with Crippen molar-refractivity contribution in [1.82, 2.24) is 10.6 Å². The Morgan fingerprint density at radius 2 is 2.20 bits per heavy atom. The first-order valence-electron chi connectivity index (χ1n) is 4.99. The Kier molecular flexibility index (Phi) is 3.38. The van der Waals surface area contributed by atoms with E-state index in [2.05, 4.69) is 32.6 Å². The number of nitrogens with one attached hydrogen (secondary N) is 2. The van der Waals surface area contributed by atoms with Crippen molar-refractivity contribution >= 4 is 21.8 Å². The zero-order valence-electron chi connectivity index (χ0n) is 8.29. The monoisotopic (exact) mass is 268 g/mol. The largest absolute Gasteiger partial charge is 0.351 e. The summed E-state index contributed by atoms with van der Waals surface area (Å²) in [6.07, 6.45) is 0.861. The predicted octanol–water partition coefficient (Wildman–Crippen LogP) is 1.08. The minimum absolute atomic E-state index is 0.0818. The molecule has 0 aliphatic carbocycles. The molecule has 2 rings (SSSR count). The van der Waals surface area contributed by atoms with Crippen LogP contribution in [0.1, 0.15) is 5.56 Å². The topological polar surface area (TPSA) is 41.1 Å². The van der Waals surface area contributed by atoms with Gasteiger partial charge in [-0.3, -0.25) is 4.79 Å². The molecular weight excluding hydrogens is 256 g/mol. The van der Waals surface area contributed by atoms with Gasteiger partial charge in [0.2, 0.25) is 5.91 Å². The van der Waals surface area contributed by atoms with E-state index >= 15 is 0 Å². The van der Waals surface area contributed by atoms with Gasteiger partial charge in [-0.15, -0.1) is 0 Å². The molecule has 1 saturated heterocycles. The lowest BCUT2D eigenvalue weighted by atomic mass is 10.0. The fourth-order valence-corrected chi connectivity index (χ4v) is 2.19. The SMILES string of the molecule is O=C1CNCC(Cc2ccccc2Br)N1. The second-order valence-corrected chi connectivity index (χ2v) is 4.55. The van der Waals surface area contributed by atoms with Crippen molar-refractivity contribution < 1.29 is 4.79 Å². The highest BCUT2D eigenvalue weighted by Gasteiger charge is 2.18. The molecule has 1 atom stereocenters. The second-order valence-electron chi connectivity index (χ2n) is 3.69. The van der Waals surface area contributed by atoms with Gasteiger partial charge in [0.15, 0.2) is 0 Å². The van der Waals surface area contributed by atoms with E-state index in [0.717, 1.165) is 17.4 Å². The Balaban J connectivity index is 2.02. The smallest absolute Gasteiger partial charge is 0.234 e. The van der Waals surface area contributed by atoms with E-state index in [1.54, 1.807) is 0 Å². The molecule has 1 aromatic rings. The highest BCUT2D eigenvalue weighted by atomic mass is 79.9. The van der Waals surface area contributed by atoms with Gasteiger partial charge in [-0.2, -0.15) is 0 Å². The molecular formula is C11H13BrN2O. The lowest BCUT2D eigenvalue weighted by Gasteiger charge is -2.24. The highest BCUT2D eigenvalue weighted by Crippen LogP contribution is 2.17. The molecule has 0 radical (unpaired) electrons. The number of benzene rings is 1. The standard InChI is InChI=1S/C11H13BrN2O/c12-10-4-2-1-3-8(10)5-9-6-13-7-11(15)14-9/h1-4,9,13H,5-7H2,(H,14,15). The fourth-order valence-electron chi connectivity index (χ4n) is 1.74. The molecule has 4 heteroatoms. The van der Waals surface area contributed by atoms with E-state index in [4.69, 9.17) is 0 Å². The van der Waals surface area contributed by atoms with Gasteiger partial charge in [0.25, 0.3) is 0 Å². The molecule has 80 valence electrons. The molecule has 1 amide bonds. The summed E-state index contributed by atoms with van der Waals surface area (Å²) < 4.78 is 1.10. The molecule has 1 aliphatic heterocycles. The number of rotatable bonds is 2. The molecule has 1 aliphatic rings. The Morgan fingerprint density at radius 3 is 2.93 bits per heavy atom. The van der Waals surface area contributed by atoms with Gasteiger partial charge < -0.3 is 10.6 Å². The molecule has 15 heavy (non-hydrogen) atoms. The van der Waals surface area contributed by atoms with Crippen LogP contribution in [0.2, 0.25) is 0 Å².